The van der Waals surface area contributed by atoms with E-state index < -0.39 is 0 Å². The molecule has 0 aromatic carbocycles. The first-order valence-corrected chi connectivity index (χ1v) is 6.58. The summed E-state index contributed by atoms with van der Waals surface area (Å²) < 4.78 is 0.147. The SMILES string of the molecule is CNc1ncc(Cl)c(NCC(C)(C)SC)n1. The van der Waals surface area contributed by atoms with Gasteiger partial charge in [0.1, 0.15) is 5.02 Å². The van der Waals surface area contributed by atoms with Crippen molar-refractivity contribution in [2.45, 2.75) is 18.6 Å². The summed E-state index contributed by atoms with van der Waals surface area (Å²) in [5.41, 5.74) is 0. The highest BCUT2D eigenvalue weighted by Crippen LogP contribution is 2.24. The van der Waals surface area contributed by atoms with E-state index >= 15 is 0 Å². The normalized spacial score (nSPS) is 11.3. The maximum atomic E-state index is 6.00. The van der Waals surface area contributed by atoms with Gasteiger partial charge in [0.25, 0.3) is 0 Å². The van der Waals surface area contributed by atoms with Crippen molar-refractivity contribution in [1.29, 1.82) is 0 Å². The average molecular weight is 261 g/mol. The number of hydrogen-bond donors (Lipinski definition) is 2. The smallest absolute Gasteiger partial charge is 0.224 e. The maximum Gasteiger partial charge on any atom is 0.224 e. The summed E-state index contributed by atoms with van der Waals surface area (Å²) in [6.07, 6.45) is 3.68. The average Bonchev–Trinajstić information content (AvgIpc) is 2.28. The van der Waals surface area contributed by atoms with Crippen LogP contribution in [0.25, 0.3) is 0 Å². The molecule has 0 bridgehead atoms. The van der Waals surface area contributed by atoms with Crippen LogP contribution in [0.4, 0.5) is 11.8 Å². The van der Waals surface area contributed by atoms with Crippen LogP contribution in [0.5, 0.6) is 0 Å². The Labute approximate surface area is 106 Å². The van der Waals surface area contributed by atoms with Crippen LogP contribution in [0, 0.1) is 0 Å². The lowest BCUT2D eigenvalue weighted by Crippen LogP contribution is -2.26. The summed E-state index contributed by atoms with van der Waals surface area (Å²) in [6, 6.07) is 0. The van der Waals surface area contributed by atoms with Gasteiger partial charge in [0, 0.05) is 18.3 Å². The van der Waals surface area contributed by atoms with E-state index in [1.54, 1.807) is 25.0 Å². The number of halogens is 1. The minimum absolute atomic E-state index is 0.147. The third-order valence-corrected chi connectivity index (χ3v) is 3.73. The van der Waals surface area contributed by atoms with E-state index in [0.717, 1.165) is 6.54 Å². The largest absolute Gasteiger partial charge is 0.367 e. The number of anilines is 2. The Morgan fingerprint density at radius 2 is 2.19 bits per heavy atom. The topological polar surface area (TPSA) is 49.8 Å². The molecule has 0 spiro atoms. The lowest BCUT2D eigenvalue weighted by atomic mass is 10.2. The van der Waals surface area contributed by atoms with E-state index in [1.165, 1.54) is 0 Å². The van der Waals surface area contributed by atoms with Crippen LogP contribution in [0.2, 0.25) is 5.02 Å². The zero-order valence-corrected chi connectivity index (χ0v) is 11.5. The Kier molecular flexibility index (Phi) is 4.68. The molecular weight excluding hydrogens is 244 g/mol. The zero-order chi connectivity index (χ0) is 12.2. The van der Waals surface area contributed by atoms with Crippen molar-refractivity contribution in [3.05, 3.63) is 11.2 Å². The molecule has 6 heteroatoms. The van der Waals surface area contributed by atoms with Gasteiger partial charge in [-0.15, -0.1) is 0 Å². The molecule has 1 aromatic heterocycles. The van der Waals surface area contributed by atoms with Crippen molar-refractivity contribution >= 4 is 35.1 Å². The molecular formula is C10H17ClN4S. The van der Waals surface area contributed by atoms with E-state index in [-0.39, 0.29) is 4.75 Å². The van der Waals surface area contributed by atoms with Crippen LogP contribution in [0.15, 0.2) is 6.20 Å². The van der Waals surface area contributed by atoms with Crippen molar-refractivity contribution in [2.75, 3.05) is 30.5 Å². The molecule has 0 aliphatic heterocycles. The van der Waals surface area contributed by atoms with Crippen LogP contribution in [0.3, 0.4) is 0 Å². The zero-order valence-electron chi connectivity index (χ0n) is 9.97. The number of thioether (sulfide) groups is 1. The van der Waals surface area contributed by atoms with Gasteiger partial charge in [0.05, 0.1) is 6.20 Å². The molecule has 0 saturated heterocycles. The Hall–Kier alpha value is -0.680. The van der Waals surface area contributed by atoms with Crippen molar-refractivity contribution in [3.8, 4) is 0 Å². The second-order valence-corrected chi connectivity index (χ2v) is 5.88. The van der Waals surface area contributed by atoms with Crippen LogP contribution in [-0.2, 0) is 0 Å². The second kappa shape index (κ2) is 5.59. The molecule has 0 saturated carbocycles. The molecule has 16 heavy (non-hydrogen) atoms. The van der Waals surface area contributed by atoms with Gasteiger partial charge in [-0.05, 0) is 20.1 Å². The number of nitrogens with zero attached hydrogens (tertiary/aromatic N) is 2. The number of rotatable bonds is 5. The molecule has 0 radical (unpaired) electrons. The van der Waals surface area contributed by atoms with E-state index in [1.807, 2.05) is 0 Å². The minimum atomic E-state index is 0.147. The molecule has 0 atom stereocenters. The van der Waals surface area contributed by atoms with Gasteiger partial charge >= 0.3 is 0 Å². The first kappa shape index (κ1) is 13.4. The molecule has 1 aromatic rings. The molecule has 2 N–H and O–H groups in total. The summed E-state index contributed by atoms with van der Waals surface area (Å²) in [4.78, 5) is 8.28. The van der Waals surface area contributed by atoms with Gasteiger partial charge in [-0.25, -0.2) is 4.98 Å². The fraction of sp³-hybridized carbons (Fsp3) is 0.600. The molecule has 0 aliphatic carbocycles. The molecule has 0 amide bonds. The van der Waals surface area contributed by atoms with E-state index in [2.05, 4.69) is 40.7 Å². The first-order chi connectivity index (χ1) is 7.48. The first-order valence-electron chi connectivity index (χ1n) is 4.98. The highest BCUT2D eigenvalue weighted by molar-refractivity contribution is 7.99. The predicted molar refractivity (Wildman–Crippen MR) is 72.7 cm³/mol. The van der Waals surface area contributed by atoms with Crippen LogP contribution in [-0.4, -0.2) is 34.6 Å². The lowest BCUT2D eigenvalue weighted by molar-refractivity contribution is 0.750. The van der Waals surface area contributed by atoms with Crippen molar-refractivity contribution in [3.63, 3.8) is 0 Å². The van der Waals surface area contributed by atoms with Crippen LogP contribution < -0.4 is 10.6 Å². The maximum absolute atomic E-state index is 6.00. The van der Waals surface area contributed by atoms with Gasteiger partial charge in [-0.2, -0.15) is 16.7 Å². The summed E-state index contributed by atoms with van der Waals surface area (Å²) >= 11 is 7.80. The molecule has 0 unspecified atom stereocenters. The number of aromatic nitrogens is 2. The summed E-state index contributed by atoms with van der Waals surface area (Å²) in [7, 11) is 1.78. The predicted octanol–water partition coefficient (Wildman–Crippen LogP) is 2.73. The van der Waals surface area contributed by atoms with Gasteiger partial charge in [0.2, 0.25) is 5.95 Å². The fourth-order valence-corrected chi connectivity index (χ4v) is 1.35. The highest BCUT2D eigenvalue weighted by Gasteiger charge is 2.16. The van der Waals surface area contributed by atoms with Gasteiger partial charge in [-0.1, -0.05) is 11.6 Å². The third-order valence-electron chi connectivity index (χ3n) is 2.20. The molecule has 1 rings (SSSR count). The van der Waals surface area contributed by atoms with Gasteiger partial charge < -0.3 is 10.6 Å². The number of nitrogens with one attached hydrogen (secondary N) is 2. The minimum Gasteiger partial charge on any atom is -0.367 e. The van der Waals surface area contributed by atoms with Crippen molar-refractivity contribution < 1.29 is 0 Å². The molecule has 0 aliphatic rings. The molecule has 4 nitrogen and oxygen atoms in total. The Balaban J connectivity index is 2.73. The Morgan fingerprint density at radius 1 is 1.50 bits per heavy atom. The van der Waals surface area contributed by atoms with E-state index in [4.69, 9.17) is 11.6 Å². The van der Waals surface area contributed by atoms with E-state index in [9.17, 15) is 0 Å². The molecule has 0 fully saturated rings. The van der Waals surface area contributed by atoms with E-state index in [0.29, 0.717) is 16.8 Å². The van der Waals surface area contributed by atoms with Crippen LogP contribution >= 0.6 is 23.4 Å². The summed E-state index contributed by atoms with van der Waals surface area (Å²) in [5, 5.41) is 6.65. The monoisotopic (exact) mass is 260 g/mol. The molecule has 90 valence electrons. The van der Waals surface area contributed by atoms with Crippen molar-refractivity contribution in [1.82, 2.24) is 9.97 Å². The Morgan fingerprint density at radius 3 is 2.75 bits per heavy atom. The standard InChI is InChI=1S/C10H17ClN4S/c1-10(2,16-4)6-14-8-7(11)5-13-9(12-3)15-8/h5H,6H2,1-4H3,(H2,12,13,14,15). The van der Waals surface area contributed by atoms with Crippen LogP contribution in [0.1, 0.15) is 13.8 Å². The molecule has 1 heterocycles. The Bertz CT molecular complexity index is 357. The van der Waals surface area contributed by atoms with Crippen molar-refractivity contribution in [2.24, 2.45) is 0 Å². The quantitative estimate of drug-likeness (QED) is 0.853. The second-order valence-electron chi connectivity index (χ2n) is 3.96. The number of hydrogen-bond acceptors (Lipinski definition) is 5. The lowest BCUT2D eigenvalue weighted by Gasteiger charge is -2.22. The van der Waals surface area contributed by atoms with Gasteiger partial charge in [-0.3, -0.25) is 0 Å². The fourth-order valence-electron chi connectivity index (χ4n) is 0.980. The van der Waals surface area contributed by atoms with Gasteiger partial charge in [0.15, 0.2) is 5.82 Å². The third kappa shape index (κ3) is 3.72. The summed E-state index contributed by atoms with van der Waals surface area (Å²) in [6.45, 7) is 5.13. The summed E-state index contributed by atoms with van der Waals surface area (Å²) in [5.74, 6) is 1.23. The highest BCUT2D eigenvalue weighted by atomic mass is 35.5.